The predicted molar refractivity (Wildman–Crippen MR) is 139 cm³/mol. The van der Waals surface area contributed by atoms with Crippen LogP contribution in [0.5, 0.6) is 17.2 Å². The van der Waals surface area contributed by atoms with Crippen molar-refractivity contribution in [2.75, 3.05) is 13.7 Å². The number of nitrogens with one attached hydrogen (secondary N) is 1. The summed E-state index contributed by atoms with van der Waals surface area (Å²) in [5, 5.41) is 4.75. The van der Waals surface area contributed by atoms with Crippen LogP contribution < -0.4 is 19.6 Å². The van der Waals surface area contributed by atoms with Gasteiger partial charge in [-0.2, -0.15) is 5.10 Å². The second-order valence-electron chi connectivity index (χ2n) is 7.00. The van der Waals surface area contributed by atoms with Crippen LogP contribution in [0.2, 0.25) is 5.02 Å². The number of rotatable bonds is 10. The average molecular weight is 579 g/mol. The molecule has 33 heavy (non-hydrogen) atoms. The molecule has 3 aromatic carbocycles. The highest BCUT2D eigenvalue weighted by molar-refractivity contribution is 14.1. The molecule has 1 N–H and O–H groups in total. The number of amides is 1. The van der Waals surface area contributed by atoms with Crippen LogP contribution in [0.25, 0.3) is 0 Å². The van der Waals surface area contributed by atoms with Crippen LogP contribution in [-0.4, -0.2) is 25.8 Å². The van der Waals surface area contributed by atoms with Crippen molar-refractivity contribution >= 4 is 46.3 Å². The summed E-state index contributed by atoms with van der Waals surface area (Å²) < 4.78 is 17.7. The Labute approximate surface area is 212 Å². The summed E-state index contributed by atoms with van der Waals surface area (Å²) >= 11 is 8.12. The molecule has 0 atom stereocenters. The molecule has 8 heteroatoms. The molecule has 0 saturated heterocycles. The fourth-order valence-corrected chi connectivity index (χ4v) is 3.87. The standard InChI is InChI=1S/C25H24ClIN2O4/c1-3-32-21-10-6-17(7-11-21)14-24(30)29-28-15-19-12-22(27)25(23(13-19)31-2)33-16-18-4-8-20(26)9-5-18/h4-13,15H,3,14,16H2,1-2H3,(H,29,30)/b28-15+. The third-order valence-corrected chi connectivity index (χ3v) is 5.60. The van der Waals surface area contributed by atoms with E-state index in [0.29, 0.717) is 29.7 Å². The van der Waals surface area contributed by atoms with Gasteiger partial charge in [-0.15, -0.1) is 0 Å². The van der Waals surface area contributed by atoms with E-state index in [2.05, 4.69) is 33.1 Å². The Balaban J connectivity index is 1.59. The van der Waals surface area contributed by atoms with Gasteiger partial charge in [-0.05, 0) is 82.6 Å². The summed E-state index contributed by atoms with van der Waals surface area (Å²) in [6.45, 7) is 2.92. The molecule has 3 aromatic rings. The zero-order valence-corrected chi connectivity index (χ0v) is 21.2. The number of methoxy groups -OCH3 is 1. The molecule has 0 spiro atoms. The predicted octanol–water partition coefficient (Wildman–Crippen LogP) is 5.62. The Morgan fingerprint density at radius 1 is 1.06 bits per heavy atom. The first-order valence-electron chi connectivity index (χ1n) is 10.3. The van der Waals surface area contributed by atoms with Crippen molar-refractivity contribution in [1.29, 1.82) is 0 Å². The number of carbonyl (C=O) groups is 1. The van der Waals surface area contributed by atoms with E-state index < -0.39 is 0 Å². The smallest absolute Gasteiger partial charge is 0.244 e. The van der Waals surface area contributed by atoms with E-state index in [-0.39, 0.29) is 12.3 Å². The van der Waals surface area contributed by atoms with Gasteiger partial charge in [-0.3, -0.25) is 4.79 Å². The Morgan fingerprint density at radius 3 is 2.42 bits per heavy atom. The van der Waals surface area contributed by atoms with Crippen molar-refractivity contribution in [3.63, 3.8) is 0 Å². The fourth-order valence-electron chi connectivity index (χ4n) is 2.96. The molecule has 0 unspecified atom stereocenters. The van der Waals surface area contributed by atoms with Crippen molar-refractivity contribution < 1.29 is 19.0 Å². The summed E-state index contributed by atoms with van der Waals surface area (Å²) in [6, 6.07) is 18.6. The lowest BCUT2D eigenvalue weighted by molar-refractivity contribution is -0.120. The van der Waals surface area contributed by atoms with Gasteiger partial charge in [0.25, 0.3) is 0 Å². The normalized spacial score (nSPS) is 10.8. The van der Waals surface area contributed by atoms with Gasteiger partial charge in [0.05, 0.1) is 29.9 Å². The van der Waals surface area contributed by atoms with Gasteiger partial charge in [0.15, 0.2) is 11.5 Å². The zero-order chi connectivity index (χ0) is 23.6. The molecule has 0 heterocycles. The van der Waals surface area contributed by atoms with E-state index >= 15 is 0 Å². The molecule has 0 aliphatic heterocycles. The van der Waals surface area contributed by atoms with Gasteiger partial charge in [0.2, 0.25) is 5.91 Å². The third-order valence-electron chi connectivity index (χ3n) is 4.55. The summed E-state index contributed by atoms with van der Waals surface area (Å²) in [5.74, 6) is 1.80. The fraction of sp³-hybridized carbons (Fsp3) is 0.200. The molecule has 0 aliphatic carbocycles. The molecular formula is C25H24ClIN2O4. The Morgan fingerprint density at radius 2 is 1.76 bits per heavy atom. The van der Waals surface area contributed by atoms with Gasteiger partial charge in [0.1, 0.15) is 12.4 Å². The van der Waals surface area contributed by atoms with Crippen LogP contribution in [0.15, 0.2) is 65.8 Å². The van der Waals surface area contributed by atoms with Crippen LogP contribution in [0, 0.1) is 3.57 Å². The maximum absolute atomic E-state index is 12.2. The van der Waals surface area contributed by atoms with E-state index in [1.165, 1.54) is 0 Å². The number of carbonyl (C=O) groups excluding carboxylic acids is 1. The number of benzene rings is 3. The third kappa shape index (κ3) is 7.64. The van der Waals surface area contributed by atoms with Crippen molar-refractivity contribution in [3.8, 4) is 17.2 Å². The number of nitrogens with zero attached hydrogens (tertiary/aromatic N) is 1. The SMILES string of the molecule is CCOc1ccc(CC(=O)N/N=C/c2cc(I)c(OCc3ccc(Cl)cc3)c(OC)c2)cc1. The van der Waals surface area contributed by atoms with Crippen molar-refractivity contribution in [2.45, 2.75) is 20.0 Å². The molecule has 0 aliphatic rings. The first-order valence-corrected chi connectivity index (χ1v) is 11.7. The van der Waals surface area contributed by atoms with Gasteiger partial charge in [-0.1, -0.05) is 35.9 Å². The number of hydrogen-bond acceptors (Lipinski definition) is 5. The second kappa shape index (κ2) is 12.5. The quantitative estimate of drug-likeness (QED) is 0.193. The number of hydrogen-bond donors (Lipinski definition) is 1. The van der Waals surface area contributed by atoms with E-state index in [4.69, 9.17) is 25.8 Å². The van der Waals surface area contributed by atoms with Crippen LogP contribution in [0.1, 0.15) is 23.6 Å². The summed E-state index contributed by atoms with van der Waals surface area (Å²) in [7, 11) is 1.58. The van der Waals surface area contributed by atoms with Gasteiger partial charge >= 0.3 is 0 Å². The minimum absolute atomic E-state index is 0.208. The summed E-state index contributed by atoms with van der Waals surface area (Å²) in [4.78, 5) is 12.2. The van der Waals surface area contributed by atoms with E-state index in [0.717, 1.165) is 26.0 Å². The van der Waals surface area contributed by atoms with Crippen LogP contribution in [-0.2, 0) is 17.8 Å². The molecule has 0 radical (unpaired) electrons. The largest absolute Gasteiger partial charge is 0.494 e. The number of ether oxygens (including phenoxy) is 3. The van der Waals surface area contributed by atoms with Crippen LogP contribution in [0.4, 0.5) is 0 Å². The van der Waals surface area contributed by atoms with Crippen LogP contribution in [0.3, 0.4) is 0 Å². The molecule has 0 bridgehead atoms. The lowest BCUT2D eigenvalue weighted by Crippen LogP contribution is -2.19. The first-order chi connectivity index (χ1) is 16.0. The topological polar surface area (TPSA) is 69.2 Å². The summed E-state index contributed by atoms with van der Waals surface area (Å²) in [5.41, 5.74) is 5.21. The lowest BCUT2D eigenvalue weighted by Gasteiger charge is -2.13. The molecule has 0 saturated carbocycles. The molecule has 0 aromatic heterocycles. The molecule has 3 rings (SSSR count). The maximum atomic E-state index is 12.2. The Bertz CT molecular complexity index is 1100. The molecule has 172 valence electrons. The van der Waals surface area contributed by atoms with E-state index in [9.17, 15) is 4.79 Å². The second-order valence-corrected chi connectivity index (χ2v) is 8.59. The zero-order valence-electron chi connectivity index (χ0n) is 18.3. The number of hydrazone groups is 1. The monoisotopic (exact) mass is 578 g/mol. The Kier molecular flexibility index (Phi) is 9.38. The van der Waals surface area contributed by atoms with Gasteiger partial charge in [0, 0.05) is 5.02 Å². The highest BCUT2D eigenvalue weighted by Gasteiger charge is 2.12. The van der Waals surface area contributed by atoms with Crippen molar-refractivity contribution in [2.24, 2.45) is 5.10 Å². The van der Waals surface area contributed by atoms with Crippen molar-refractivity contribution in [1.82, 2.24) is 5.43 Å². The minimum Gasteiger partial charge on any atom is -0.494 e. The van der Waals surface area contributed by atoms with Gasteiger partial charge < -0.3 is 14.2 Å². The lowest BCUT2D eigenvalue weighted by atomic mass is 10.1. The highest BCUT2D eigenvalue weighted by atomic mass is 127. The average Bonchev–Trinajstić information content (AvgIpc) is 2.80. The first kappa shape index (κ1) is 24.9. The van der Waals surface area contributed by atoms with Crippen LogP contribution >= 0.6 is 34.2 Å². The van der Waals surface area contributed by atoms with E-state index in [1.807, 2.05) is 67.6 Å². The molecular weight excluding hydrogens is 555 g/mol. The molecule has 1 amide bonds. The van der Waals surface area contributed by atoms with Crippen molar-refractivity contribution in [3.05, 3.63) is 85.9 Å². The Hall–Kier alpha value is -2.78. The van der Waals surface area contributed by atoms with E-state index in [1.54, 1.807) is 13.3 Å². The minimum atomic E-state index is -0.208. The maximum Gasteiger partial charge on any atom is 0.244 e. The highest BCUT2D eigenvalue weighted by Crippen LogP contribution is 2.34. The molecule has 6 nitrogen and oxygen atoms in total. The van der Waals surface area contributed by atoms with Gasteiger partial charge in [-0.25, -0.2) is 5.43 Å². The summed E-state index contributed by atoms with van der Waals surface area (Å²) in [6.07, 6.45) is 1.80. The molecule has 0 fully saturated rings. The number of halogens is 2.